The molecule has 2 aromatic rings. The highest BCUT2D eigenvalue weighted by Crippen LogP contribution is 2.35. The topological polar surface area (TPSA) is 108 Å². The van der Waals surface area contributed by atoms with E-state index in [-0.39, 0.29) is 36.7 Å². The minimum atomic E-state index is -4.82. The summed E-state index contributed by atoms with van der Waals surface area (Å²) in [5.41, 5.74) is -0.425. The van der Waals surface area contributed by atoms with Gasteiger partial charge in [0.05, 0.1) is 12.2 Å². The average molecular weight is 521 g/mol. The maximum Gasteiger partial charge on any atom is 0.449 e. The molecule has 3 rings (SSSR count). The highest BCUT2D eigenvalue weighted by Gasteiger charge is 2.41. The molecule has 0 aliphatic carbocycles. The molecular formula is C21H21F6N5O4. The van der Waals surface area contributed by atoms with E-state index in [1.54, 1.807) is 0 Å². The first-order chi connectivity index (χ1) is 16.7. The molecule has 36 heavy (non-hydrogen) atoms. The molecule has 9 nitrogen and oxygen atoms in total. The third kappa shape index (κ3) is 5.71. The van der Waals surface area contributed by atoms with Crippen molar-refractivity contribution in [3.8, 4) is 0 Å². The Labute approximate surface area is 200 Å². The quantitative estimate of drug-likeness (QED) is 0.449. The van der Waals surface area contributed by atoms with E-state index >= 15 is 0 Å². The van der Waals surface area contributed by atoms with Crippen molar-refractivity contribution in [3.05, 3.63) is 46.7 Å². The number of hydrogen-bond donors (Lipinski definition) is 2. The molecule has 1 aromatic carbocycles. The number of nitrogens with one attached hydrogen (secondary N) is 1. The smallest absolute Gasteiger partial charge is 0.449 e. The van der Waals surface area contributed by atoms with Crippen LogP contribution in [0.5, 0.6) is 0 Å². The van der Waals surface area contributed by atoms with Crippen LogP contribution >= 0.6 is 0 Å². The molecule has 1 aliphatic heterocycles. The third-order valence-electron chi connectivity index (χ3n) is 5.69. The number of alkyl halides is 3. The maximum atomic E-state index is 14.1. The fourth-order valence-electron chi connectivity index (χ4n) is 3.87. The normalized spacial score (nSPS) is 14.3. The molecule has 15 heteroatoms. The van der Waals surface area contributed by atoms with E-state index in [4.69, 9.17) is 5.11 Å². The van der Waals surface area contributed by atoms with Crippen molar-refractivity contribution >= 4 is 23.7 Å². The van der Waals surface area contributed by atoms with Gasteiger partial charge in [-0.15, -0.1) is 0 Å². The minimum absolute atomic E-state index is 0.0472. The van der Waals surface area contributed by atoms with Crippen LogP contribution in [-0.2, 0) is 35.3 Å². The number of imidazole rings is 1. The molecule has 2 heterocycles. The average Bonchev–Trinajstić information content (AvgIpc) is 3.15. The van der Waals surface area contributed by atoms with Crippen LogP contribution in [0.2, 0.25) is 0 Å². The summed E-state index contributed by atoms with van der Waals surface area (Å²) in [6.07, 6.45) is -7.43. The first-order valence-corrected chi connectivity index (χ1v) is 10.5. The van der Waals surface area contributed by atoms with Crippen molar-refractivity contribution < 1.29 is 45.8 Å². The molecule has 0 radical (unpaired) electrons. The molecule has 0 spiro atoms. The zero-order valence-corrected chi connectivity index (χ0v) is 19.0. The van der Waals surface area contributed by atoms with E-state index in [1.165, 1.54) is 7.05 Å². The van der Waals surface area contributed by atoms with Crippen LogP contribution in [0.1, 0.15) is 30.4 Å². The van der Waals surface area contributed by atoms with Crippen molar-refractivity contribution in [2.24, 2.45) is 0 Å². The number of fused-ring (bicyclic) bond motifs is 1. The fraction of sp³-hybridized carbons (Fsp3) is 0.429. The van der Waals surface area contributed by atoms with Crippen LogP contribution in [0.4, 0.5) is 37.0 Å². The number of carbonyl (C=O) groups is 3. The maximum absolute atomic E-state index is 14.1. The SMILES string of the molecule is CC(=O)N(C)c1nc(C(F)(F)F)n2c1CN(C(=O)C[C@@H](Cc1cc(F)c(F)cc1F)NC(=O)O)CC2. The van der Waals surface area contributed by atoms with E-state index in [1.807, 2.05) is 5.32 Å². The summed E-state index contributed by atoms with van der Waals surface area (Å²) in [5.74, 6) is -6.75. The van der Waals surface area contributed by atoms with Gasteiger partial charge in [0, 0.05) is 45.6 Å². The number of rotatable bonds is 6. The Hall–Kier alpha value is -3.78. The Kier molecular flexibility index (Phi) is 7.50. The third-order valence-corrected chi connectivity index (χ3v) is 5.69. The van der Waals surface area contributed by atoms with Crippen molar-refractivity contribution in [1.82, 2.24) is 19.8 Å². The molecule has 0 bridgehead atoms. The highest BCUT2D eigenvalue weighted by atomic mass is 19.4. The molecule has 1 atom stereocenters. The summed E-state index contributed by atoms with van der Waals surface area (Å²) in [6, 6.07) is -0.416. The van der Waals surface area contributed by atoms with E-state index in [9.17, 15) is 40.7 Å². The fourth-order valence-corrected chi connectivity index (χ4v) is 3.87. The molecule has 0 saturated heterocycles. The van der Waals surface area contributed by atoms with Crippen LogP contribution in [0, 0.1) is 17.5 Å². The molecule has 1 aliphatic rings. The van der Waals surface area contributed by atoms with Crippen molar-refractivity contribution in [3.63, 3.8) is 0 Å². The summed E-state index contributed by atoms with van der Waals surface area (Å²) < 4.78 is 82.1. The molecule has 196 valence electrons. The molecule has 0 fully saturated rings. The van der Waals surface area contributed by atoms with Crippen LogP contribution < -0.4 is 10.2 Å². The van der Waals surface area contributed by atoms with E-state index in [2.05, 4.69) is 4.98 Å². The van der Waals surface area contributed by atoms with Gasteiger partial charge in [-0.3, -0.25) is 14.5 Å². The zero-order valence-electron chi connectivity index (χ0n) is 19.0. The number of benzene rings is 1. The summed E-state index contributed by atoms with van der Waals surface area (Å²) in [5, 5.41) is 11.1. The van der Waals surface area contributed by atoms with E-state index < -0.39 is 66.2 Å². The Morgan fingerprint density at radius 2 is 1.78 bits per heavy atom. The summed E-state index contributed by atoms with van der Waals surface area (Å²) >= 11 is 0. The van der Waals surface area contributed by atoms with Gasteiger partial charge in [-0.25, -0.2) is 22.9 Å². The second-order valence-electron chi connectivity index (χ2n) is 8.16. The largest absolute Gasteiger partial charge is 0.465 e. The van der Waals surface area contributed by atoms with Gasteiger partial charge in [-0.05, 0) is 18.1 Å². The number of aromatic nitrogens is 2. The predicted molar refractivity (Wildman–Crippen MR) is 111 cm³/mol. The number of anilines is 1. The van der Waals surface area contributed by atoms with E-state index in [0.717, 1.165) is 21.3 Å². The molecule has 2 N–H and O–H groups in total. The second-order valence-corrected chi connectivity index (χ2v) is 8.16. The number of carboxylic acid groups (broad SMARTS) is 1. The summed E-state index contributed by atoms with van der Waals surface area (Å²) in [7, 11) is 1.23. The Bertz CT molecular complexity index is 1200. The lowest BCUT2D eigenvalue weighted by Crippen LogP contribution is -2.44. The summed E-state index contributed by atoms with van der Waals surface area (Å²) in [4.78, 5) is 41.5. The minimum Gasteiger partial charge on any atom is -0.465 e. The highest BCUT2D eigenvalue weighted by molar-refractivity contribution is 5.90. The van der Waals surface area contributed by atoms with Crippen LogP contribution in [0.15, 0.2) is 12.1 Å². The lowest BCUT2D eigenvalue weighted by Gasteiger charge is -2.31. The van der Waals surface area contributed by atoms with Gasteiger partial charge in [0.1, 0.15) is 5.82 Å². The standard InChI is InChI=1S/C21H21F6N5O4/c1-10(33)30(2)18-16-9-31(3-4-32(16)19(29-18)21(25,26)27)17(34)7-12(28-20(35)36)5-11-6-14(23)15(24)8-13(11)22/h6,8,12,28H,3-5,7,9H2,1-2H3,(H,35,36)/t12-/m1/s1. The van der Waals surface area contributed by atoms with Gasteiger partial charge in [0.25, 0.3) is 0 Å². The molecule has 3 amide bonds. The van der Waals surface area contributed by atoms with Crippen LogP contribution in [-0.4, -0.2) is 57.1 Å². The van der Waals surface area contributed by atoms with Gasteiger partial charge in [0.2, 0.25) is 17.6 Å². The molecule has 0 unspecified atom stereocenters. The first kappa shape index (κ1) is 26.8. The number of halogens is 6. The molecule has 0 saturated carbocycles. The van der Waals surface area contributed by atoms with Gasteiger partial charge in [-0.1, -0.05) is 0 Å². The Morgan fingerprint density at radius 3 is 2.36 bits per heavy atom. The predicted octanol–water partition coefficient (Wildman–Crippen LogP) is 2.91. The summed E-state index contributed by atoms with van der Waals surface area (Å²) in [6.45, 7) is 0.274. The van der Waals surface area contributed by atoms with Crippen molar-refractivity contribution in [1.29, 1.82) is 0 Å². The van der Waals surface area contributed by atoms with Gasteiger partial charge >= 0.3 is 12.3 Å². The van der Waals surface area contributed by atoms with Crippen LogP contribution in [0.25, 0.3) is 0 Å². The van der Waals surface area contributed by atoms with Crippen molar-refractivity contribution in [2.45, 2.75) is 45.1 Å². The number of nitrogens with zero attached hydrogens (tertiary/aromatic N) is 4. The zero-order chi connectivity index (χ0) is 26.9. The monoisotopic (exact) mass is 521 g/mol. The molecule has 1 aromatic heterocycles. The number of hydrogen-bond acceptors (Lipinski definition) is 4. The van der Waals surface area contributed by atoms with Crippen molar-refractivity contribution in [2.75, 3.05) is 18.5 Å². The number of amides is 3. The second kappa shape index (κ2) is 10.1. The number of carbonyl (C=O) groups excluding carboxylic acids is 2. The van der Waals surface area contributed by atoms with Gasteiger partial charge in [-0.2, -0.15) is 13.2 Å². The first-order valence-electron chi connectivity index (χ1n) is 10.5. The van der Waals surface area contributed by atoms with E-state index in [0.29, 0.717) is 12.1 Å². The Balaban J connectivity index is 1.85. The lowest BCUT2D eigenvalue weighted by atomic mass is 10.0. The lowest BCUT2D eigenvalue weighted by molar-refractivity contribution is -0.148. The van der Waals surface area contributed by atoms with Gasteiger partial charge in [0.15, 0.2) is 17.5 Å². The van der Waals surface area contributed by atoms with Gasteiger partial charge < -0.3 is 19.9 Å². The Morgan fingerprint density at radius 1 is 1.14 bits per heavy atom. The van der Waals surface area contributed by atoms with Crippen LogP contribution in [0.3, 0.4) is 0 Å². The molecular weight excluding hydrogens is 500 g/mol.